The first-order chi connectivity index (χ1) is 6.20. The minimum Gasteiger partial charge on any atom is -0.383 e. The fourth-order valence-electron chi connectivity index (χ4n) is 0.584. The number of benzene rings is 1. The molecule has 13 heavy (non-hydrogen) atoms. The summed E-state index contributed by atoms with van der Waals surface area (Å²) < 4.78 is 4.85. The summed E-state index contributed by atoms with van der Waals surface area (Å²) >= 11 is 1.03. The highest BCUT2D eigenvalue weighted by Gasteiger charge is 2.03. The summed E-state index contributed by atoms with van der Waals surface area (Å²) in [6, 6.07) is 10.0. The van der Waals surface area contributed by atoms with E-state index in [0.717, 1.165) is 16.9 Å². The molecule has 0 spiro atoms. The van der Waals surface area contributed by atoms with Gasteiger partial charge in [-0.05, 0) is 25.1 Å². The van der Waals surface area contributed by atoms with Gasteiger partial charge >= 0.3 is 5.97 Å². The van der Waals surface area contributed by atoms with Crippen molar-refractivity contribution in [3.05, 3.63) is 42.5 Å². The second-order valence-electron chi connectivity index (χ2n) is 2.47. The first kappa shape index (κ1) is 9.86. The summed E-state index contributed by atoms with van der Waals surface area (Å²) in [5.41, 5.74) is 0.398. The summed E-state index contributed by atoms with van der Waals surface area (Å²) in [6.07, 6.45) is 0. The lowest BCUT2D eigenvalue weighted by Crippen LogP contribution is -1.98. The van der Waals surface area contributed by atoms with Gasteiger partial charge in [0.2, 0.25) is 0 Å². The van der Waals surface area contributed by atoms with Crippen LogP contribution >= 0.6 is 12.0 Å². The highest BCUT2D eigenvalue weighted by atomic mass is 32.2. The van der Waals surface area contributed by atoms with Crippen LogP contribution in [0.4, 0.5) is 0 Å². The Labute approximate surface area is 81.8 Å². The largest absolute Gasteiger partial charge is 0.383 e. The van der Waals surface area contributed by atoms with Crippen LogP contribution in [0.2, 0.25) is 0 Å². The molecule has 1 aromatic carbocycles. The van der Waals surface area contributed by atoms with E-state index in [2.05, 4.69) is 12.6 Å². The third-order valence-electron chi connectivity index (χ3n) is 1.25. The zero-order chi connectivity index (χ0) is 9.68. The van der Waals surface area contributed by atoms with E-state index in [0.29, 0.717) is 5.57 Å². The maximum atomic E-state index is 11.0. The predicted octanol–water partition coefficient (Wildman–Crippen LogP) is 2.61. The highest BCUT2D eigenvalue weighted by molar-refractivity contribution is 7.95. The summed E-state index contributed by atoms with van der Waals surface area (Å²) in [7, 11) is 0. The van der Waals surface area contributed by atoms with Gasteiger partial charge in [0.05, 0.1) is 12.0 Å². The molecule has 0 saturated carbocycles. The van der Waals surface area contributed by atoms with E-state index >= 15 is 0 Å². The minimum absolute atomic E-state index is 0.391. The van der Waals surface area contributed by atoms with Crippen LogP contribution in [0.3, 0.4) is 0 Å². The summed E-state index contributed by atoms with van der Waals surface area (Å²) in [6.45, 7) is 5.09. The fraction of sp³-hybridized carbons (Fsp3) is 0.100. The Bertz CT molecular complexity index is 306. The zero-order valence-corrected chi connectivity index (χ0v) is 8.06. The predicted molar refractivity (Wildman–Crippen MR) is 52.0 cm³/mol. The molecule has 2 nitrogen and oxygen atoms in total. The molecule has 1 aromatic rings. The van der Waals surface area contributed by atoms with Gasteiger partial charge in [-0.3, -0.25) is 0 Å². The Morgan fingerprint density at radius 2 is 2.15 bits per heavy atom. The Balaban J connectivity index is 2.44. The Kier molecular flexibility index (Phi) is 3.58. The van der Waals surface area contributed by atoms with E-state index in [1.54, 1.807) is 19.1 Å². The average molecular weight is 193 g/mol. The van der Waals surface area contributed by atoms with Crippen LogP contribution in [-0.4, -0.2) is 5.97 Å². The molecule has 0 bridgehead atoms. The molecular formula is C10H9O2S. The molecule has 67 valence electrons. The van der Waals surface area contributed by atoms with Gasteiger partial charge in [-0.2, -0.15) is 0 Å². The molecule has 0 aliphatic carbocycles. The van der Waals surface area contributed by atoms with Crippen LogP contribution in [0.25, 0.3) is 0 Å². The van der Waals surface area contributed by atoms with Crippen molar-refractivity contribution in [2.45, 2.75) is 11.8 Å². The van der Waals surface area contributed by atoms with Crippen molar-refractivity contribution in [2.24, 2.45) is 0 Å². The van der Waals surface area contributed by atoms with Crippen molar-refractivity contribution in [2.75, 3.05) is 0 Å². The molecule has 0 N–H and O–H groups in total. The van der Waals surface area contributed by atoms with Crippen LogP contribution in [0.5, 0.6) is 0 Å². The third-order valence-corrected chi connectivity index (χ3v) is 1.95. The number of rotatable bonds is 3. The van der Waals surface area contributed by atoms with E-state index in [-0.39, 0.29) is 0 Å². The Morgan fingerprint density at radius 1 is 1.54 bits per heavy atom. The molecule has 0 amide bonds. The third kappa shape index (κ3) is 3.34. The molecule has 3 heteroatoms. The molecule has 0 aliphatic heterocycles. The number of hydrogen-bond acceptors (Lipinski definition) is 3. The van der Waals surface area contributed by atoms with E-state index in [1.165, 1.54) is 0 Å². The van der Waals surface area contributed by atoms with Gasteiger partial charge < -0.3 is 4.18 Å². The van der Waals surface area contributed by atoms with Gasteiger partial charge in [-0.15, -0.1) is 0 Å². The van der Waals surface area contributed by atoms with Gasteiger partial charge in [0.1, 0.15) is 0 Å². The maximum Gasteiger partial charge on any atom is 0.345 e. The van der Waals surface area contributed by atoms with Crippen molar-refractivity contribution >= 4 is 18.0 Å². The lowest BCUT2D eigenvalue weighted by atomic mass is 10.4. The van der Waals surface area contributed by atoms with Crippen LogP contribution in [0.15, 0.2) is 41.3 Å². The standard InChI is InChI=1S/C10H9O2S/c1-8(2)10(11)12-13-9-6-4-3-5-7-9/h4-7H,1H2,2H3. The van der Waals surface area contributed by atoms with Crippen LogP contribution in [0.1, 0.15) is 6.92 Å². The van der Waals surface area contributed by atoms with Gasteiger partial charge in [0.25, 0.3) is 0 Å². The lowest BCUT2D eigenvalue weighted by molar-refractivity contribution is -0.128. The van der Waals surface area contributed by atoms with Crippen molar-refractivity contribution in [3.8, 4) is 0 Å². The second-order valence-corrected chi connectivity index (χ2v) is 3.27. The Hall–Kier alpha value is -1.22. The molecule has 0 heterocycles. The molecule has 0 unspecified atom stereocenters. The number of hydrogen-bond donors (Lipinski definition) is 0. The van der Waals surface area contributed by atoms with Crippen LogP contribution in [0, 0.1) is 6.07 Å². The van der Waals surface area contributed by atoms with Crippen molar-refractivity contribution in [1.29, 1.82) is 0 Å². The van der Waals surface area contributed by atoms with E-state index < -0.39 is 5.97 Å². The lowest BCUT2D eigenvalue weighted by Gasteiger charge is -2.00. The van der Waals surface area contributed by atoms with Crippen molar-refractivity contribution < 1.29 is 8.98 Å². The monoisotopic (exact) mass is 193 g/mol. The van der Waals surface area contributed by atoms with Gasteiger partial charge in [0.15, 0.2) is 0 Å². The fourth-order valence-corrected chi connectivity index (χ4v) is 1.15. The SMILES string of the molecule is C=C(C)C(=O)OSc1cc[c]cc1. The quantitative estimate of drug-likeness (QED) is 0.545. The van der Waals surface area contributed by atoms with E-state index in [4.69, 9.17) is 4.18 Å². The van der Waals surface area contributed by atoms with Crippen LogP contribution in [-0.2, 0) is 8.98 Å². The summed E-state index contributed by atoms with van der Waals surface area (Å²) in [4.78, 5) is 11.8. The molecule has 0 saturated heterocycles. The smallest absolute Gasteiger partial charge is 0.345 e. The molecule has 1 radical (unpaired) electrons. The molecule has 0 aromatic heterocycles. The minimum atomic E-state index is -0.391. The molecule has 0 aliphatic rings. The second kappa shape index (κ2) is 4.72. The molecule has 0 atom stereocenters. The number of carbonyl (C=O) groups excluding carboxylic acids is 1. The van der Waals surface area contributed by atoms with Gasteiger partial charge in [0, 0.05) is 10.5 Å². The molecule has 1 rings (SSSR count). The first-order valence-electron chi connectivity index (χ1n) is 3.70. The normalized spacial score (nSPS) is 9.31. The summed E-state index contributed by atoms with van der Waals surface area (Å²) in [5.74, 6) is -0.391. The molecule has 0 fully saturated rings. The maximum absolute atomic E-state index is 11.0. The first-order valence-corrected chi connectivity index (χ1v) is 4.45. The Morgan fingerprint density at radius 3 is 2.69 bits per heavy atom. The average Bonchev–Trinajstić information content (AvgIpc) is 2.15. The van der Waals surface area contributed by atoms with Gasteiger partial charge in [-0.25, -0.2) is 4.79 Å². The molecular weight excluding hydrogens is 184 g/mol. The van der Waals surface area contributed by atoms with Gasteiger partial charge in [-0.1, -0.05) is 18.7 Å². The van der Waals surface area contributed by atoms with Crippen LogP contribution < -0.4 is 0 Å². The highest BCUT2D eigenvalue weighted by Crippen LogP contribution is 2.18. The summed E-state index contributed by atoms with van der Waals surface area (Å²) in [5, 5.41) is 0. The number of carbonyl (C=O) groups is 1. The van der Waals surface area contributed by atoms with Crippen molar-refractivity contribution in [1.82, 2.24) is 0 Å². The van der Waals surface area contributed by atoms with E-state index in [1.807, 2.05) is 12.1 Å². The van der Waals surface area contributed by atoms with E-state index in [9.17, 15) is 4.79 Å². The van der Waals surface area contributed by atoms with Crippen molar-refractivity contribution in [3.63, 3.8) is 0 Å². The zero-order valence-electron chi connectivity index (χ0n) is 7.24. The topological polar surface area (TPSA) is 26.3 Å².